The van der Waals surface area contributed by atoms with Crippen molar-refractivity contribution in [1.82, 2.24) is 25.2 Å². The number of anilines is 2. The van der Waals surface area contributed by atoms with E-state index < -0.39 is 10.0 Å². The van der Waals surface area contributed by atoms with Crippen LogP contribution in [0.5, 0.6) is 0 Å². The number of carbonyl (C=O) groups is 1. The normalized spacial score (nSPS) is 17.8. The minimum absolute atomic E-state index is 0.0826. The highest BCUT2D eigenvalue weighted by Crippen LogP contribution is 2.40. The number of carbonyl (C=O) groups excluding carboxylic acids is 1. The van der Waals surface area contributed by atoms with E-state index >= 15 is 0 Å². The number of sulfonamides is 1. The molecule has 0 unspecified atom stereocenters. The highest BCUT2D eigenvalue weighted by molar-refractivity contribution is 7.89. The van der Waals surface area contributed by atoms with Crippen LogP contribution in [0.15, 0.2) is 41.4 Å². The van der Waals surface area contributed by atoms with Crippen molar-refractivity contribution in [2.45, 2.75) is 69.4 Å². The van der Waals surface area contributed by atoms with Crippen molar-refractivity contribution in [3.63, 3.8) is 0 Å². The van der Waals surface area contributed by atoms with Gasteiger partial charge in [0.2, 0.25) is 10.0 Å². The monoisotopic (exact) mass is 578 g/mol. The molecule has 2 aromatic heterocycles. The predicted octanol–water partition coefficient (Wildman–Crippen LogP) is 5.46. The van der Waals surface area contributed by atoms with Gasteiger partial charge >= 0.3 is 6.09 Å². The molecule has 1 saturated carbocycles. The fourth-order valence-corrected chi connectivity index (χ4v) is 6.90. The maximum atomic E-state index is 13.1. The minimum atomic E-state index is -3.77. The van der Waals surface area contributed by atoms with E-state index in [1.807, 2.05) is 13.8 Å². The van der Waals surface area contributed by atoms with Crippen molar-refractivity contribution in [2.75, 3.05) is 11.9 Å². The molecule has 0 bridgehead atoms. The van der Waals surface area contributed by atoms with Gasteiger partial charge in [0.15, 0.2) is 11.0 Å². The first-order valence-electron chi connectivity index (χ1n) is 12.5. The van der Waals surface area contributed by atoms with E-state index in [-0.39, 0.29) is 40.8 Å². The molecule has 0 atom stereocenters. The molecule has 0 saturated heterocycles. The van der Waals surface area contributed by atoms with Crippen LogP contribution < -0.4 is 15.4 Å². The molecule has 1 aromatic carbocycles. The number of amides is 1. The Hall–Kier alpha value is -2.80. The summed E-state index contributed by atoms with van der Waals surface area (Å²) in [4.78, 5) is 17.5. The van der Waals surface area contributed by atoms with Gasteiger partial charge in [-0.1, -0.05) is 24.6 Å². The summed E-state index contributed by atoms with van der Waals surface area (Å²) in [6.07, 6.45) is 4.64. The molecular formula is C25H31ClN6O4S2. The van der Waals surface area contributed by atoms with Gasteiger partial charge in [0, 0.05) is 36.0 Å². The zero-order chi connectivity index (χ0) is 27.3. The highest BCUT2D eigenvalue weighted by atomic mass is 35.5. The van der Waals surface area contributed by atoms with Crippen LogP contribution in [0.25, 0.3) is 10.4 Å². The second-order valence-electron chi connectivity index (χ2n) is 9.29. The Bertz CT molecular complexity index is 1360. The van der Waals surface area contributed by atoms with Crippen molar-refractivity contribution in [3.8, 4) is 10.4 Å². The molecule has 3 N–H and O–H groups in total. The van der Waals surface area contributed by atoms with Gasteiger partial charge in [-0.2, -0.15) is 0 Å². The topological polar surface area (TPSA) is 135 Å². The first-order chi connectivity index (χ1) is 18.1. The Kier molecular flexibility index (Phi) is 9.19. The lowest BCUT2D eigenvalue weighted by Crippen LogP contribution is -2.38. The standard InChI is InChI=1S/C25H31ClN6O4S2/c1-4-28-38(34,35)21-13-18(29-23-12-11-22(26)31-32-23)9-10-19(21)20-14-27-24(37-20)16-5-7-17(8-6-16)30-25(33)36-15(2)3/h9-17,28H,4-8H2,1-3H3,(H,29,32)(H,30,33)/t16-,17-. The van der Waals surface area contributed by atoms with Gasteiger partial charge in [-0.3, -0.25) is 0 Å². The third-order valence-corrected chi connectivity index (χ3v) is 9.02. The van der Waals surface area contributed by atoms with Crippen molar-refractivity contribution in [2.24, 2.45) is 0 Å². The molecule has 1 aliphatic rings. The molecular weight excluding hydrogens is 548 g/mol. The summed E-state index contributed by atoms with van der Waals surface area (Å²) in [5, 5.41) is 15.0. The van der Waals surface area contributed by atoms with Crippen LogP contribution in [-0.2, 0) is 14.8 Å². The van der Waals surface area contributed by atoms with Crippen molar-refractivity contribution >= 4 is 50.6 Å². The Balaban J connectivity index is 1.52. The first-order valence-corrected chi connectivity index (χ1v) is 15.2. The number of benzene rings is 1. The van der Waals surface area contributed by atoms with Gasteiger partial charge in [0.1, 0.15) is 0 Å². The summed E-state index contributed by atoms with van der Waals surface area (Å²) in [7, 11) is -3.77. The molecule has 13 heteroatoms. The molecule has 0 spiro atoms. The molecule has 1 amide bonds. The van der Waals surface area contributed by atoms with Crippen molar-refractivity contribution in [1.29, 1.82) is 0 Å². The zero-order valence-electron chi connectivity index (χ0n) is 21.4. The van der Waals surface area contributed by atoms with Gasteiger partial charge < -0.3 is 15.4 Å². The van der Waals surface area contributed by atoms with E-state index in [9.17, 15) is 13.2 Å². The first kappa shape index (κ1) is 28.2. The second kappa shape index (κ2) is 12.4. The van der Waals surface area contributed by atoms with Crippen LogP contribution in [-0.4, -0.2) is 48.4 Å². The number of hydrogen-bond acceptors (Lipinski definition) is 9. The van der Waals surface area contributed by atoms with Crippen molar-refractivity contribution < 1.29 is 17.9 Å². The number of rotatable bonds is 9. The Morgan fingerprint density at radius 3 is 2.58 bits per heavy atom. The molecule has 0 radical (unpaired) electrons. The van der Waals surface area contributed by atoms with E-state index in [4.69, 9.17) is 16.3 Å². The number of nitrogens with one attached hydrogen (secondary N) is 3. The summed E-state index contributed by atoms with van der Waals surface area (Å²) in [5.41, 5.74) is 1.13. The Morgan fingerprint density at radius 2 is 1.92 bits per heavy atom. The molecule has 38 heavy (non-hydrogen) atoms. The second-order valence-corrected chi connectivity index (χ2v) is 12.5. The minimum Gasteiger partial charge on any atom is -0.447 e. The predicted molar refractivity (Wildman–Crippen MR) is 148 cm³/mol. The highest BCUT2D eigenvalue weighted by Gasteiger charge is 2.27. The number of halogens is 1. The van der Waals surface area contributed by atoms with E-state index in [1.165, 1.54) is 11.3 Å². The number of nitrogens with zero attached hydrogens (tertiary/aromatic N) is 3. The van der Waals surface area contributed by atoms with Crippen LogP contribution in [0.1, 0.15) is 57.4 Å². The summed E-state index contributed by atoms with van der Waals surface area (Å²) in [5.74, 6) is 0.697. The van der Waals surface area contributed by atoms with E-state index in [2.05, 4.69) is 30.5 Å². The molecule has 2 heterocycles. The van der Waals surface area contributed by atoms with Crippen molar-refractivity contribution in [3.05, 3.63) is 46.7 Å². The lowest BCUT2D eigenvalue weighted by atomic mass is 9.86. The van der Waals surface area contributed by atoms with E-state index in [1.54, 1.807) is 43.5 Å². The van der Waals surface area contributed by atoms with Gasteiger partial charge in [0.25, 0.3) is 0 Å². The number of thiazole rings is 1. The molecule has 10 nitrogen and oxygen atoms in total. The zero-order valence-corrected chi connectivity index (χ0v) is 23.8. The maximum Gasteiger partial charge on any atom is 0.407 e. The SMILES string of the molecule is CCNS(=O)(=O)c1cc(Nc2ccc(Cl)nn2)ccc1-c1cnc([C@H]2CC[C@H](NC(=O)OC(C)C)CC2)s1. The average molecular weight is 579 g/mol. The van der Waals surface area contributed by atoms with Crippen LogP contribution >= 0.6 is 22.9 Å². The molecule has 204 valence electrons. The van der Waals surface area contributed by atoms with Gasteiger partial charge in [-0.25, -0.2) is 22.9 Å². The number of ether oxygens (including phenoxy) is 1. The van der Waals surface area contributed by atoms with Crippen LogP contribution in [0, 0.1) is 0 Å². The van der Waals surface area contributed by atoms with E-state index in [0.717, 1.165) is 35.6 Å². The number of alkyl carbamates (subject to hydrolysis) is 1. The fraction of sp³-hybridized carbons (Fsp3) is 0.440. The van der Waals surface area contributed by atoms with Gasteiger partial charge in [-0.05, 0) is 63.8 Å². The average Bonchev–Trinajstić information content (AvgIpc) is 3.35. The third kappa shape index (κ3) is 7.19. The maximum absolute atomic E-state index is 13.1. The summed E-state index contributed by atoms with van der Waals surface area (Å²) in [6, 6.07) is 8.49. The lowest BCUT2D eigenvalue weighted by molar-refractivity contribution is 0.109. The lowest BCUT2D eigenvalue weighted by Gasteiger charge is -2.28. The van der Waals surface area contributed by atoms with Gasteiger partial charge in [-0.15, -0.1) is 21.5 Å². The summed E-state index contributed by atoms with van der Waals surface area (Å²) >= 11 is 7.31. The van der Waals surface area contributed by atoms with Crippen LogP contribution in [0.3, 0.4) is 0 Å². The molecule has 4 rings (SSSR count). The number of hydrogen-bond donors (Lipinski definition) is 3. The molecule has 1 fully saturated rings. The molecule has 3 aromatic rings. The molecule has 1 aliphatic carbocycles. The number of aromatic nitrogens is 3. The van der Waals surface area contributed by atoms with E-state index in [0.29, 0.717) is 17.1 Å². The van der Waals surface area contributed by atoms with Crippen LogP contribution in [0.2, 0.25) is 5.15 Å². The molecule has 0 aliphatic heterocycles. The quantitative estimate of drug-likeness (QED) is 0.305. The smallest absolute Gasteiger partial charge is 0.407 e. The third-order valence-electron chi connectivity index (χ3n) is 6.04. The van der Waals surface area contributed by atoms with Crippen LogP contribution in [0.4, 0.5) is 16.3 Å². The fourth-order valence-electron chi connectivity index (χ4n) is 4.32. The Morgan fingerprint density at radius 1 is 1.16 bits per heavy atom. The largest absolute Gasteiger partial charge is 0.447 e. The summed E-state index contributed by atoms with van der Waals surface area (Å²) < 4.78 is 34.0. The Labute approximate surface area is 231 Å². The summed E-state index contributed by atoms with van der Waals surface area (Å²) in [6.45, 7) is 5.65. The van der Waals surface area contributed by atoms with Gasteiger partial charge in [0.05, 0.1) is 20.9 Å².